The zero-order chi connectivity index (χ0) is 11.9. The summed E-state index contributed by atoms with van der Waals surface area (Å²) >= 11 is 0. The molecular weight excluding hydrogens is 215 g/mol. The van der Waals surface area contributed by atoms with Crippen LogP contribution < -0.4 is 0 Å². The van der Waals surface area contributed by atoms with Crippen molar-refractivity contribution in [2.75, 3.05) is 7.11 Å². The van der Waals surface area contributed by atoms with Gasteiger partial charge in [0.05, 0.1) is 12.7 Å². The summed E-state index contributed by atoms with van der Waals surface area (Å²) < 4.78 is 17.7. The van der Waals surface area contributed by atoms with E-state index in [0.717, 1.165) is 13.2 Å². The Labute approximate surface area is 91.3 Å². The second kappa shape index (κ2) is 3.45. The first kappa shape index (κ1) is 10.9. The minimum Gasteiger partial charge on any atom is -0.504 e. The molecule has 0 radical (unpaired) electrons. The van der Waals surface area contributed by atoms with E-state index in [0.29, 0.717) is 18.4 Å². The van der Waals surface area contributed by atoms with Crippen LogP contribution in [-0.2, 0) is 10.3 Å². The van der Waals surface area contributed by atoms with Crippen LogP contribution in [0.25, 0.3) is 0 Å². The van der Waals surface area contributed by atoms with Crippen LogP contribution in [-0.4, -0.2) is 23.3 Å². The summed E-state index contributed by atoms with van der Waals surface area (Å²) in [6, 6.07) is 2.30. The van der Waals surface area contributed by atoms with Crippen LogP contribution in [0.15, 0.2) is 12.1 Å². The van der Waals surface area contributed by atoms with Crippen molar-refractivity contribution in [3.63, 3.8) is 0 Å². The fraction of sp³-hybridized carbons (Fsp3) is 0.364. The largest absolute Gasteiger partial charge is 0.504 e. The lowest BCUT2D eigenvalue weighted by Crippen LogP contribution is -2.09. The Kier molecular flexibility index (Phi) is 2.35. The van der Waals surface area contributed by atoms with Gasteiger partial charge in [0.15, 0.2) is 11.6 Å². The number of phenols is 1. The number of aromatic hydroxyl groups is 1. The van der Waals surface area contributed by atoms with Gasteiger partial charge in [-0.2, -0.15) is 0 Å². The lowest BCUT2D eigenvalue weighted by Gasteiger charge is -2.11. The lowest BCUT2D eigenvalue weighted by molar-refractivity contribution is 0.0596. The Balaban J connectivity index is 2.51. The Morgan fingerprint density at radius 3 is 2.62 bits per heavy atom. The fourth-order valence-corrected chi connectivity index (χ4v) is 1.54. The van der Waals surface area contributed by atoms with E-state index in [1.807, 2.05) is 0 Å². The molecule has 1 aliphatic rings. The van der Waals surface area contributed by atoms with E-state index in [4.69, 9.17) is 0 Å². The number of rotatable bonds is 2. The third-order valence-corrected chi connectivity index (χ3v) is 2.73. The van der Waals surface area contributed by atoms with Gasteiger partial charge >= 0.3 is 5.97 Å². The molecule has 0 bridgehead atoms. The van der Waals surface area contributed by atoms with E-state index in [1.165, 1.54) is 6.07 Å². The molecule has 1 fully saturated rings. The average Bonchev–Trinajstić information content (AvgIpc) is 3.00. The number of carbonyl (C=O) groups excluding carboxylic acids is 1. The van der Waals surface area contributed by atoms with Crippen molar-refractivity contribution in [2.45, 2.75) is 18.4 Å². The van der Waals surface area contributed by atoms with Gasteiger partial charge in [-0.05, 0) is 30.5 Å². The van der Waals surface area contributed by atoms with E-state index < -0.39 is 23.1 Å². The van der Waals surface area contributed by atoms with Crippen LogP contribution in [0.1, 0.15) is 28.8 Å². The molecule has 2 rings (SSSR count). The predicted octanol–water partition coefficient (Wildman–Crippen LogP) is 1.30. The van der Waals surface area contributed by atoms with Crippen molar-refractivity contribution in [1.82, 2.24) is 0 Å². The summed E-state index contributed by atoms with van der Waals surface area (Å²) in [5, 5.41) is 19.1. The summed E-state index contributed by atoms with van der Waals surface area (Å²) in [7, 11) is 1.14. The molecule has 0 atom stereocenters. The van der Waals surface area contributed by atoms with Crippen LogP contribution in [0.3, 0.4) is 0 Å². The third kappa shape index (κ3) is 1.63. The predicted molar refractivity (Wildman–Crippen MR) is 52.5 cm³/mol. The van der Waals surface area contributed by atoms with Crippen molar-refractivity contribution in [2.24, 2.45) is 0 Å². The normalized spacial score (nSPS) is 16.9. The number of benzene rings is 1. The molecule has 1 aromatic carbocycles. The molecule has 0 unspecified atom stereocenters. The van der Waals surface area contributed by atoms with Crippen LogP contribution >= 0.6 is 0 Å². The van der Waals surface area contributed by atoms with Crippen molar-refractivity contribution >= 4 is 5.97 Å². The number of phenolic OH excluding ortho intramolecular Hbond substituents is 1. The smallest absolute Gasteiger partial charge is 0.341 e. The number of aliphatic hydroxyl groups is 1. The standard InChI is InChI=1S/C11H11FO4/c1-16-10(14)7-4-6(11(15)2-3-11)5-8(12)9(7)13/h4-5,13,15H,2-3H2,1H3. The van der Waals surface area contributed by atoms with Gasteiger partial charge in [-0.3, -0.25) is 0 Å². The minimum absolute atomic E-state index is 0.266. The van der Waals surface area contributed by atoms with Gasteiger partial charge in [0.1, 0.15) is 5.56 Å². The first-order valence-electron chi connectivity index (χ1n) is 4.81. The Morgan fingerprint density at radius 2 is 2.12 bits per heavy atom. The fourth-order valence-electron chi connectivity index (χ4n) is 1.54. The molecule has 0 saturated heterocycles. The zero-order valence-corrected chi connectivity index (χ0v) is 8.66. The van der Waals surface area contributed by atoms with E-state index in [-0.39, 0.29) is 5.56 Å². The maximum absolute atomic E-state index is 13.3. The summed E-state index contributed by atoms with van der Waals surface area (Å²) in [6.07, 6.45) is 1.05. The molecule has 0 aliphatic heterocycles. The van der Waals surface area contributed by atoms with Crippen LogP contribution in [0.2, 0.25) is 0 Å². The van der Waals surface area contributed by atoms with E-state index >= 15 is 0 Å². The number of hydrogen-bond donors (Lipinski definition) is 2. The van der Waals surface area contributed by atoms with Gasteiger partial charge in [-0.25, -0.2) is 9.18 Å². The molecule has 5 heteroatoms. The molecule has 0 spiro atoms. The highest BCUT2D eigenvalue weighted by molar-refractivity contribution is 5.92. The monoisotopic (exact) mass is 226 g/mol. The first-order valence-corrected chi connectivity index (χ1v) is 4.81. The molecule has 86 valence electrons. The quantitative estimate of drug-likeness (QED) is 0.746. The summed E-state index contributed by atoms with van der Waals surface area (Å²) in [5.74, 6) is -2.51. The molecule has 1 saturated carbocycles. The van der Waals surface area contributed by atoms with Crippen LogP contribution in [0.5, 0.6) is 5.75 Å². The van der Waals surface area contributed by atoms with E-state index in [1.54, 1.807) is 0 Å². The molecule has 0 aromatic heterocycles. The molecule has 1 aliphatic carbocycles. The van der Waals surface area contributed by atoms with Crippen molar-refractivity contribution in [1.29, 1.82) is 0 Å². The number of ether oxygens (including phenoxy) is 1. The molecular formula is C11H11FO4. The number of halogens is 1. The van der Waals surface area contributed by atoms with Gasteiger partial charge in [-0.15, -0.1) is 0 Å². The maximum Gasteiger partial charge on any atom is 0.341 e. The number of esters is 1. The number of methoxy groups -OCH3 is 1. The summed E-state index contributed by atoms with van der Waals surface area (Å²) in [4.78, 5) is 11.3. The summed E-state index contributed by atoms with van der Waals surface area (Å²) in [6.45, 7) is 0. The summed E-state index contributed by atoms with van der Waals surface area (Å²) in [5.41, 5.74) is -1.03. The van der Waals surface area contributed by atoms with Gasteiger partial charge in [0, 0.05) is 0 Å². The molecule has 1 aromatic rings. The van der Waals surface area contributed by atoms with Crippen molar-refractivity contribution < 1.29 is 24.1 Å². The van der Waals surface area contributed by atoms with E-state index in [2.05, 4.69) is 4.74 Å². The van der Waals surface area contributed by atoms with Crippen molar-refractivity contribution in [3.8, 4) is 5.75 Å². The highest BCUT2D eigenvalue weighted by atomic mass is 19.1. The zero-order valence-electron chi connectivity index (χ0n) is 8.66. The Hall–Kier alpha value is -1.62. The molecule has 2 N–H and O–H groups in total. The molecule has 0 heterocycles. The maximum atomic E-state index is 13.3. The van der Waals surface area contributed by atoms with Gasteiger partial charge in [0.2, 0.25) is 0 Å². The Bertz CT molecular complexity index is 452. The third-order valence-electron chi connectivity index (χ3n) is 2.73. The van der Waals surface area contributed by atoms with Gasteiger partial charge < -0.3 is 14.9 Å². The SMILES string of the molecule is COC(=O)c1cc(C2(O)CC2)cc(F)c1O. The van der Waals surface area contributed by atoms with E-state index in [9.17, 15) is 19.4 Å². The van der Waals surface area contributed by atoms with Gasteiger partial charge in [-0.1, -0.05) is 0 Å². The number of hydrogen-bond acceptors (Lipinski definition) is 4. The second-order valence-corrected chi connectivity index (χ2v) is 3.88. The molecule has 0 amide bonds. The average molecular weight is 226 g/mol. The Morgan fingerprint density at radius 1 is 1.50 bits per heavy atom. The van der Waals surface area contributed by atoms with Crippen LogP contribution in [0.4, 0.5) is 4.39 Å². The topological polar surface area (TPSA) is 66.8 Å². The highest BCUT2D eigenvalue weighted by Crippen LogP contribution is 2.46. The first-order chi connectivity index (χ1) is 7.48. The molecule has 16 heavy (non-hydrogen) atoms. The molecule has 4 nitrogen and oxygen atoms in total. The van der Waals surface area contributed by atoms with Crippen molar-refractivity contribution in [3.05, 3.63) is 29.1 Å². The second-order valence-electron chi connectivity index (χ2n) is 3.88. The minimum atomic E-state index is -1.06. The lowest BCUT2D eigenvalue weighted by atomic mass is 10.0. The number of carbonyl (C=O) groups is 1. The van der Waals surface area contributed by atoms with Crippen LogP contribution in [0, 0.1) is 5.82 Å². The van der Waals surface area contributed by atoms with Gasteiger partial charge in [0.25, 0.3) is 0 Å². The highest BCUT2D eigenvalue weighted by Gasteiger charge is 2.43.